The molecule has 1 aromatic carbocycles. The number of ether oxygens (including phenoxy) is 1. The first kappa shape index (κ1) is 19.1. The molecular weight excluding hydrogens is 352 g/mol. The molecule has 2 aliphatic rings. The molecule has 2 saturated heterocycles. The highest BCUT2D eigenvalue weighted by atomic mass is 16.5. The SMILES string of the molecule is CCc1ccc(CN2CCC(Oc3ccccc3C(=O)N3CCCC3)CC2)o1. The molecule has 2 fully saturated rings. The van der Waals surface area contributed by atoms with Gasteiger partial charge >= 0.3 is 0 Å². The Bertz CT molecular complexity index is 787. The van der Waals surface area contributed by atoms with Crippen LogP contribution in [0.3, 0.4) is 0 Å². The summed E-state index contributed by atoms with van der Waals surface area (Å²) in [6.45, 7) is 6.65. The molecule has 0 radical (unpaired) electrons. The van der Waals surface area contributed by atoms with Crippen molar-refractivity contribution in [1.29, 1.82) is 0 Å². The lowest BCUT2D eigenvalue weighted by atomic mass is 10.1. The predicted octanol–water partition coefficient (Wildman–Crippen LogP) is 4.12. The number of amides is 1. The Morgan fingerprint density at radius 3 is 2.46 bits per heavy atom. The van der Waals surface area contributed by atoms with Gasteiger partial charge in [-0.15, -0.1) is 0 Å². The fraction of sp³-hybridized carbons (Fsp3) is 0.522. The van der Waals surface area contributed by atoms with Crippen molar-refractivity contribution in [3.63, 3.8) is 0 Å². The van der Waals surface area contributed by atoms with Gasteiger partial charge in [-0.2, -0.15) is 0 Å². The van der Waals surface area contributed by atoms with Crippen molar-refractivity contribution in [2.75, 3.05) is 26.2 Å². The number of likely N-dealkylation sites (tertiary alicyclic amines) is 2. The Labute approximate surface area is 167 Å². The second-order valence-electron chi connectivity index (χ2n) is 7.81. The Hall–Kier alpha value is -2.27. The lowest BCUT2D eigenvalue weighted by Crippen LogP contribution is -2.38. The van der Waals surface area contributed by atoms with Gasteiger partial charge in [-0.3, -0.25) is 9.69 Å². The number of hydrogen-bond donors (Lipinski definition) is 0. The van der Waals surface area contributed by atoms with Crippen LogP contribution in [-0.4, -0.2) is 48.0 Å². The topological polar surface area (TPSA) is 45.9 Å². The van der Waals surface area contributed by atoms with E-state index in [9.17, 15) is 4.79 Å². The Kier molecular flexibility index (Phi) is 6.01. The Morgan fingerprint density at radius 2 is 1.75 bits per heavy atom. The van der Waals surface area contributed by atoms with Crippen LogP contribution in [0.15, 0.2) is 40.8 Å². The zero-order chi connectivity index (χ0) is 19.3. The minimum atomic E-state index is 0.107. The van der Waals surface area contributed by atoms with Crippen LogP contribution in [0.5, 0.6) is 5.75 Å². The number of para-hydroxylation sites is 1. The average molecular weight is 383 g/mol. The van der Waals surface area contributed by atoms with Gasteiger partial charge in [0.1, 0.15) is 23.4 Å². The highest BCUT2D eigenvalue weighted by Gasteiger charge is 2.25. The standard InChI is InChI=1S/C23H30N2O3/c1-2-18-9-10-20(27-18)17-24-15-11-19(12-16-24)28-22-8-4-3-7-21(22)23(26)25-13-5-6-14-25/h3-4,7-10,19H,2,5-6,11-17H2,1H3. The summed E-state index contributed by atoms with van der Waals surface area (Å²) in [7, 11) is 0. The molecule has 0 N–H and O–H groups in total. The van der Waals surface area contributed by atoms with E-state index in [1.807, 2.05) is 29.2 Å². The normalized spacial score (nSPS) is 18.5. The van der Waals surface area contributed by atoms with Gasteiger partial charge in [-0.1, -0.05) is 19.1 Å². The lowest BCUT2D eigenvalue weighted by molar-refractivity contribution is 0.0760. The number of benzene rings is 1. The van der Waals surface area contributed by atoms with Gasteiger partial charge < -0.3 is 14.1 Å². The zero-order valence-corrected chi connectivity index (χ0v) is 16.7. The fourth-order valence-electron chi connectivity index (χ4n) is 4.12. The van der Waals surface area contributed by atoms with E-state index >= 15 is 0 Å². The van der Waals surface area contributed by atoms with Crippen molar-refractivity contribution < 1.29 is 13.9 Å². The van der Waals surface area contributed by atoms with Crippen molar-refractivity contribution in [3.05, 3.63) is 53.5 Å². The monoisotopic (exact) mass is 382 g/mol. The summed E-state index contributed by atoms with van der Waals surface area (Å²) < 4.78 is 12.1. The van der Waals surface area contributed by atoms with E-state index in [0.717, 1.165) is 82.1 Å². The van der Waals surface area contributed by atoms with E-state index < -0.39 is 0 Å². The van der Waals surface area contributed by atoms with Crippen molar-refractivity contribution >= 4 is 5.91 Å². The summed E-state index contributed by atoms with van der Waals surface area (Å²) in [4.78, 5) is 17.2. The minimum Gasteiger partial charge on any atom is -0.489 e. The van der Waals surface area contributed by atoms with Crippen LogP contribution in [0.2, 0.25) is 0 Å². The first-order valence-electron chi connectivity index (χ1n) is 10.6. The number of hydrogen-bond acceptors (Lipinski definition) is 4. The van der Waals surface area contributed by atoms with Gasteiger partial charge in [0, 0.05) is 32.6 Å². The highest BCUT2D eigenvalue weighted by Crippen LogP contribution is 2.26. The van der Waals surface area contributed by atoms with E-state index in [1.54, 1.807) is 0 Å². The average Bonchev–Trinajstić information content (AvgIpc) is 3.41. The number of furan rings is 1. The second kappa shape index (κ2) is 8.82. The first-order valence-corrected chi connectivity index (χ1v) is 10.6. The summed E-state index contributed by atoms with van der Waals surface area (Å²) in [6.07, 6.45) is 5.23. The third-order valence-corrected chi connectivity index (χ3v) is 5.78. The Balaban J connectivity index is 1.33. The molecular formula is C23H30N2O3. The van der Waals surface area contributed by atoms with E-state index in [-0.39, 0.29) is 12.0 Å². The lowest BCUT2D eigenvalue weighted by Gasteiger charge is -2.32. The summed E-state index contributed by atoms with van der Waals surface area (Å²) in [6, 6.07) is 11.9. The second-order valence-corrected chi connectivity index (χ2v) is 7.81. The molecule has 1 aromatic heterocycles. The van der Waals surface area contributed by atoms with Crippen LogP contribution >= 0.6 is 0 Å². The molecule has 0 bridgehead atoms. The molecule has 150 valence electrons. The van der Waals surface area contributed by atoms with Crippen LogP contribution in [0.25, 0.3) is 0 Å². The minimum absolute atomic E-state index is 0.107. The summed E-state index contributed by atoms with van der Waals surface area (Å²) >= 11 is 0. The van der Waals surface area contributed by atoms with Crippen LogP contribution in [0, 0.1) is 0 Å². The molecule has 2 aromatic rings. The number of nitrogens with zero attached hydrogens (tertiary/aromatic N) is 2. The fourth-order valence-corrected chi connectivity index (χ4v) is 4.12. The Morgan fingerprint density at radius 1 is 1.04 bits per heavy atom. The molecule has 0 aliphatic carbocycles. The number of carbonyl (C=O) groups is 1. The maximum Gasteiger partial charge on any atom is 0.257 e. The van der Waals surface area contributed by atoms with Crippen molar-refractivity contribution in [2.45, 2.75) is 51.7 Å². The quantitative estimate of drug-likeness (QED) is 0.754. The molecule has 5 heteroatoms. The number of carbonyl (C=O) groups excluding carboxylic acids is 1. The molecule has 4 rings (SSSR count). The van der Waals surface area contributed by atoms with Crippen molar-refractivity contribution in [1.82, 2.24) is 9.80 Å². The van der Waals surface area contributed by atoms with Crippen LogP contribution in [0.4, 0.5) is 0 Å². The number of piperidine rings is 1. The molecule has 0 spiro atoms. The molecule has 1 amide bonds. The first-order chi connectivity index (χ1) is 13.7. The van der Waals surface area contributed by atoms with Gasteiger partial charge in [0.2, 0.25) is 0 Å². The maximum absolute atomic E-state index is 12.8. The third kappa shape index (κ3) is 4.41. The molecule has 28 heavy (non-hydrogen) atoms. The summed E-state index contributed by atoms with van der Waals surface area (Å²) in [5.41, 5.74) is 0.703. The third-order valence-electron chi connectivity index (χ3n) is 5.78. The van der Waals surface area contributed by atoms with Gasteiger partial charge in [0.15, 0.2) is 0 Å². The molecule has 0 unspecified atom stereocenters. The van der Waals surface area contributed by atoms with E-state index in [1.165, 1.54) is 0 Å². The van der Waals surface area contributed by atoms with Gasteiger partial charge in [0.05, 0.1) is 12.1 Å². The van der Waals surface area contributed by atoms with Crippen LogP contribution < -0.4 is 4.74 Å². The van der Waals surface area contributed by atoms with Crippen molar-refractivity contribution in [2.24, 2.45) is 0 Å². The maximum atomic E-state index is 12.8. The summed E-state index contributed by atoms with van der Waals surface area (Å²) in [5.74, 6) is 2.93. The highest BCUT2D eigenvalue weighted by molar-refractivity contribution is 5.97. The molecule has 2 aliphatic heterocycles. The van der Waals surface area contributed by atoms with E-state index in [2.05, 4.69) is 24.0 Å². The van der Waals surface area contributed by atoms with Crippen LogP contribution in [-0.2, 0) is 13.0 Å². The largest absolute Gasteiger partial charge is 0.489 e. The smallest absolute Gasteiger partial charge is 0.257 e. The summed E-state index contributed by atoms with van der Waals surface area (Å²) in [5, 5.41) is 0. The molecule has 0 saturated carbocycles. The van der Waals surface area contributed by atoms with Gasteiger partial charge in [0.25, 0.3) is 5.91 Å². The zero-order valence-electron chi connectivity index (χ0n) is 16.7. The predicted molar refractivity (Wildman–Crippen MR) is 109 cm³/mol. The number of aryl methyl sites for hydroxylation is 1. The van der Waals surface area contributed by atoms with E-state index in [0.29, 0.717) is 5.56 Å². The van der Waals surface area contributed by atoms with E-state index in [4.69, 9.17) is 9.15 Å². The van der Waals surface area contributed by atoms with Crippen LogP contribution in [0.1, 0.15) is 54.5 Å². The molecule has 0 atom stereocenters. The molecule has 5 nitrogen and oxygen atoms in total. The van der Waals surface area contributed by atoms with Gasteiger partial charge in [-0.25, -0.2) is 0 Å². The number of rotatable bonds is 6. The van der Waals surface area contributed by atoms with Gasteiger partial charge in [-0.05, 0) is 49.9 Å². The van der Waals surface area contributed by atoms with Crippen molar-refractivity contribution in [3.8, 4) is 5.75 Å². The molecule has 3 heterocycles.